The maximum absolute atomic E-state index is 12.6. The van der Waals surface area contributed by atoms with Gasteiger partial charge >= 0.3 is 0 Å². The summed E-state index contributed by atoms with van der Waals surface area (Å²) in [5.74, 6) is -0.0243. The van der Waals surface area contributed by atoms with Gasteiger partial charge in [-0.3, -0.25) is 4.79 Å². The third-order valence-corrected chi connectivity index (χ3v) is 4.37. The van der Waals surface area contributed by atoms with Gasteiger partial charge in [-0.15, -0.1) is 11.3 Å². The van der Waals surface area contributed by atoms with Crippen LogP contribution in [0.4, 0.5) is 5.69 Å². The van der Waals surface area contributed by atoms with Gasteiger partial charge in [0.15, 0.2) is 0 Å². The molecule has 0 unspecified atom stereocenters. The van der Waals surface area contributed by atoms with E-state index in [2.05, 4.69) is 11.1 Å². The molecule has 0 spiro atoms. The number of nitriles is 1. The van der Waals surface area contributed by atoms with Crippen molar-refractivity contribution in [2.45, 2.75) is 33.6 Å². The van der Waals surface area contributed by atoms with Gasteiger partial charge in [-0.05, 0) is 44.0 Å². The van der Waals surface area contributed by atoms with Crippen LogP contribution in [-0.2, 0) is 11.2 Å². The highest BCUT2D eigenvalue weighted by atomic mass is 32.1. The lowest BCUT2D eigenvalue weighted by atomic mass is 10.1. The van der Waals surface area contributed by atoms with Crippen LogP contribution >= 0.6 is 11.3 Å². The molecule has 1 aromatic heterocycles. The van der Waals surface area contributed by atoms with Gasteiger partial charge in [-0.1, -0.05) is 6.07 Å². The molecule has 0 radical (unpaired) electrons. The monoisotopic (exact) mass is 313 g/mol. The molecule has 1 heterocycles. The van der Waals surface area contributed by atoms with Crippen molar-refractivity contribution in [3.8, 4) is 6.07 Å². The number of anilines is 1. The summed E-state index contributed by atoms with van der Waals surface area (Å²) in [6, 6.07) is 8.04. The molecule has 1 aromatic carbocycles. The van der Waals surface area contributed by atoms with Crippen molar-refractivity contribution in [3.63, 3.8) is 0 Å². The Labute approximate surface area is 135 Å². The molecule has 2 aromatic rings. The molecular weight excluding hydrogens is 294 g/mol. The minimum absolute atomic E-state index is 0.0243. The Morgan fingerprint density at radius 3 is 2.68 bits per heavy atom. The van der Waals surface area contributed by atoms with Crippen molar-refractivity contribution in [3.05, 3.63) is 45.4 Å². The number of hydrogen-bond acceptors (Lipinski definition) is 4. The number of rotatable bonds is 5. The Balaban J connectivity index is 2.22. The average molecular weight is 313 g/mol. The topological polar surface area (TPSA) is 57.0 Å². The lowest BCUT2D eigenvalue weighted by Crippen LogP contribution is -2.33. The zero-order valence-electron chi connectivity index (χ0n) is 13.1. The summed E-state index contributed by atoms with van der Waals surface area (Å²) in [4.78, 5) is 18.6. The van der Waals surface area contributed by atoms with Crippen molar-refractivity contribution in [1.29, 1.82) is 5.26 Å². The number of thiazole rings is 1. The molecule has 5 heteroatoms. The Morgan fingerprint density at radius 1 is 1.32 bits per heavy atom. The van der Waals surface area contributed by atoms with Crippen molar-refractivity contribution in [2.24, 2.45) is 0 Å². The number of hydrogen-bond donors (Lipinski definition) is 0. The van der Waals surface area contributed by atoms with Crippen LogP contribution in [0.1, 0.15) is 28.2 Å². The van der Waals surface area contributed by atoms with Gasteiger partial charge in [-0.2, -0.15) is 5.26 Å². The molecule has 0 fully saturated rings. The van der Waals surface area contributed by atoms with E-state index in [9.17, 15) is 4.79 Å². The number of amides is 1. The lowest BCUT2D eigenvalue weighted by Gasteiger charge is -2.22. The second-order valence-electron chi connectivity index (χ2n) is 5.26. The molecule has 0 saturated heterocycles. The molecule has 2 rings (SSSR count). The number of aromatic nitrogens is 1. The molecule has 0 N–H and O–H groups in total. The standard InChI is InChI=1S/C17H19N3OS/c1-12-5-6-16(9-13(12)2)20(8-4-7-18)17(21)10-15-11-22-14(3)19-15/h5-6,9,11H,4,8,10H2,1-3H3. The molecule has 114 valence electrons. The fourth-order valence-corrected chi connectivity index (χ4v) is 2.81. The van der Waals surface area contributed by atoms with Gasteiger partial charge in [0, 0.05) is 17.6 Å². The van der Waals surface area contributed by atoms with Crippen LogP contribution < -0.4 is 4.90 Å². The average Bonchev–Trinajstić information content (AvgIpc) is 2.88. The van der Waals surface area contributed by atoms with E-state index in [1.807, 2.05) is 44.4 Å². The molecule has 0 bridgehead atoms. The predicted molar refractivity (Wildman–Crippen MR) is 89.1 cm³/mol. The van der Waals surface area contributed by atoms with Crippen LogP contribution in [0.3, 0.4) is 0 Å². The highest BCUT2D eigenvalue weighted by Crippen LogP contribution is 2.20. The fourth-order valence-electron chi connectivity index (χ4n) is 2.19. The van der Waals surface area contributed by atoms with E-state index in [0.29, 0.717) is 13.0 Å². The first-order chi connectivity index (χ1) is 10.5. The lowest BCUT2D eigenvalue weighted by molar-refractivity contribution is -0.118. The largest absolute Gasteiger partial charge is 0.311 e. The second kappa shape index (κ2) is 7.19. The Hall–Kier alpha value is -2.19. The zero-order valence-corrected chi connectivity index (χ0v) is 13.9. The number of benzene rings is 1. The second-order valence-corrected chi connectivity index (χ2v) is 6.32. The van der Waals surface area contributed by atoms with E-state index in [1.54, 1.807) is 16.2 Å². The molecule has 22 heavy (non-hydrogen) atoms. The Kier molecular flexibility index (Phi) is 5.29. The minimum Gasteiger partial charge on any atom is -0.311 e. The van der Waals surface area contributed by atoms with E-state index in [0.717, 1.165) is 22.0 Å². The molecule has 1 amide bonds. The van der Waals surface area contributed by atoms with Crippen molar-refractivity contribution in [2.75, 3.05) is 11.4 Å². The smallest absolute Gasteiger partial charge is 0.233 e. The molecule has 4 nitrogen and oxygen atoms in total. The molecule has 0 aliphatic rings. The Morgan fingerprint density at radius 2 is 2.09 bits per heavy atom. The number of carbonyl (C=O) groups is 1. The van der Waals surface area contributed by atoms with E-state index in [1.165, 1.54) is 5.56 Å². The minimum atomic E-state index is -0.0243. The van der Waals surface area contributed by atoms with Crippen LogP contribution in [0, 0.1) is 32.1 Å². The van der Waals surface area contributed by atoms with Gasteiger partial charge in [0.2, 0.25) is 5.91 Å². The van der Waals surface area contributed by atoms with Crippen LogP contribution in [0.15, 0.2) is 23.6 Å². The number of aryl methyl sites for hydroxylation is 3. The third kappa shape index (κ3) is 3.92. The number of nitrogens with zero attached hydrogens (tertiary/aromatic N) is 3. The molecule has 0 saturated carbocycles. The zero-order chi connectivity index (χ0) is 16.1. The van der Waals surface area contributed by atoms with E-state index < -0.39 is 0 Å². The number of carbonyl (C=O) groups excluding carboxylic acids is 1. The van der Waals surface area contributed by atoms with Gasteiger partial charge in [-0.25, -0.2) is 4.98 Å². The maximum Gasteiger partial charge on any atom is 0.233 e. The van der Waals surface area contributed by atoms with Crippen molar-refractivity contribution < 1.29 is 4.79 Å². The van der Waals surface area contributed by atoms with E-state index in [-0.39, 0.29) is 12.3 Å². The van der Waals surface area contributed by atoms with Crippen LogP contribution in [0.25, 0.3) is 0 Å². The highest BCUT2D eigenvalue weighted by Gasteiger charge is 2.17. The van der Waals surface area contributed by atoms with Gasteiger partial charge in [0.05, 0.1) is 29.6 Å². The summed E-state index contributed by atoms with van der Waals surface area (Å²) < 4.78 is 0. The molecule has 0 atom stereocenters. The van der Waals surface area contributed by atoms with Crippen molar-refractivity contribution >= 4 is 22.9 Å². The summed E-state index contributed by atoms with van der Waals surface area (Å²) in [6.07, 6.45) is 0.581. The van der Waals surface area contributed by atoms with Crippen LogP contribution in [0.2, 0.25) is 0 Å². The highest BCUT2D eigenvalue weighted by molar-refractivity contribution is 7.09. The van der Waals surface area contributed by atoms with Crippen molar-refractivity contribution in [1.82, 2.24) is 4.98 Å². The van der Waals surface area contributed by atoms with Gasteiger partial charge in [0.1, 0.15) is 0 Å². The maximum atomic E-state index is 12.6. The summed E-state index contributed by atoms with van der Waals surface area (Å²) in [7, 11) is 0. The van der Waals surface area contributed by atoms with Gasteiger partial charge in [0.25, 0.3) is 0 Å². The van der Waals surface area contributed by atoms with Gasteiger partial charge < -0.3 is 4.90 Å². The summed E-state index contributed by atoms with van der Waals surface area (Å²) in [5, 5.41) is 11.7. The first kappa shape index (κ1) is 16.2. The summed E-state index contributed by atoms with van der Waals surface area (Å²) in [5.41, 5.74) is 3.96. The quantitative estimate of drug-likeness (QED) is 0.848. The predicted octanol–water partition coefficient (Wildman–Crippen LogP) is 3.56. The molecular formula is C17H19N3OS. The molecule has 0 aliphatic carbocycles. The Bertz CT molecular complexity index is 715. The first-order valence-corrected chi connectivity index (χ1v) is 8.05. The van der Waals surface area contributed by atoms with Crippen LogP contribution in [-0.4, -0.2) is 17.4 Å². The fraction of sp³-hybridized carbons (Fsp3) is 0.353. The summed E-state index contributed by atoms with van der Waals surface area (Å²) >= 11 is 1.54. The van der Waals surface area contributed by atoms with Crippen LogP contribution in [0.5, 0.6) is 0 Å². The summed E-state index contributed by atoms with van der Waals surface area (Å²) in [6.45, 7) is 6.39. The SMILES string of the molecule is Cc1nc(CC(=O)N(CCC#N)c2ccc(C)c(C)c2)cs1. The molecule has 0 aliphatic heterocycles. The van der Waals surface area contributed by atoms with E-state index >= 15 is 0 Å². The normalized spacial score (nSPS) is 10.3. The first-order valence-electron chi connectivity index (χ1n) is 7.17. The van der Waals surface area contributed by atoms with E-state index in [4.69, 9.17) is 5.26 Å². The third-order valence-electron chi connectivity index (χ3n) is 3.55.